The molecule has 0 N–H and O–H groups in total. The van der Waals surface area contributed by atoms with Gasteiger partial charge >= 0.3 is 5.97 Å². The van der Waals surface area contributed by atoms with Crippen molar-refractivity contribution < 1.29 is 14.3 Å². The summed E-state index contributed by atoms with van der Waals surface area (Å²) < 4.78 is 6.98. The van der Waals surface area contributed by atoms with Crippen molar-refractivity contribution in [3.63, 3.8) is 0 Å². The van der Waals surface area contributed by atoms with Crippen LogP contribution in [-0.4, -0.2) is 23.5 Å². The zero-order chi connectivity index (χ0) is 24.0. The van der Waals surface area contributed by atoms with E-state index in [9.17, 15) is 14.4 Å². The maximum Gasteiger partial charge on any atom is 0.308 e. The van der Waals surface area contributed by atoms with Gasteiger partial charge in [0.15, 0.2) is 0 Å². The van der Waals surface area contributed by atoms with Crippen molar-refractivity contribution >= 4 is 17.6 Å². The van der Waals surface area contributed by atoms with Crippen molar-refractivity contribution in [2.75, 3.05) is 11.9 Å². The number of pyridine rings is 1. The minimum absolute atomic E-state index is 0.186. The number of ether oxygens (including phenoxy) is 1. The number of esters is 1. The van der Waals surface area contributed by atoms with Gasteiger partial charge in [-0.15, -0.1) is 0 Å². The van der Waals surface area contributed by atoms with E-state index in [0.29, 0.717) is 23.9 Å². The zero-order valence-corrected chi connectivity index (χ0v) is 20.4. The van der Waals surface area contributed by atoms with Crippen LogP contribution in [0.4, 0.5) is 5.69 Å². The van der Waals surface area contributed by atoms with Crippen molar-refractivity contribution in [1.29, 1.82) is 0 Å². The van der Waals surface area contributed by atoms with Crippen LogP contribution in [0.1, 0.15) is 80.9 Å². The Morgan fingerprint density at radius 3 is 2.33 bits per heavy atom. The van der Waals surface area contributed by atoms with Gasteiger partial charge in [-0.1, -0.05) is 39.5 Å². The van der Waals surface area contributed by atoms with Crippen LogP contribution in [0.25, 0.3) is 0 Å². The van der Waals surface area contributed by atoms with Crippen molar-refractivity contribution in [2.45, 2.75) is 78.7 Å². The Kier molecular flexibility index (Phi) is 8.48. The number of carbonyl (C=O) groups is 2. The van der Waals surface area contributed by atoms with Crippen LogP contribution in [0.5, 0.6) is 5.75 Å². The summed E-state index contributed by atoms with van der Waals surface area (Å²) in [5, 5.41) is 0. The van der Waals surface area contributed by atoms with E-state index in [1.54, 1.807) is 37.4 Å². The first kappa shape index (κ1) is 24.7. The quantitative estimate of drug-likeness (QED) is 0.411. The molecule has 0 spiro atoms. The second-order valence-electron chi connectivity index (χ2n) is 9.01. The first-order chi connectivity index (χ1) is 15.8. The third-order valence-electron chi connectivity index (χ3n) is 6.54. The van der Waals surface area contributed by atoms with E-state index < -0.39 is 5.97 Å². The fraction of sp³-hybridized carbons (Fsp3) is 0.519. The lowest BCUT2D eigenvalue weighted by molar-refractivity contribution is -0.131. The highest BCUT2D eigenvalue weighted by Crippen LogP contribution is 2.26. The van der Waals surface area contributed by atoms with Crippen molar-refractivity contribution in [1.82, 2.24) is 4.57 Å². The van der Waals surface area contributed by atoms with Gasteiger partial charge in [-0.25, -0.2) is 0 Å². The number of nitrogens with zero attached hydrogens (tertiary/aromatic N) is 2. The van der Waals surface area contributed by atoms with E-state index in [-0.39, 0.29) is 17.0 Å². The Morgan fingerprint density at radius 1 is 1.09 bits per heavy atom. The average Bonchev–Trinajstić information content (AvgIpc) is 2.81. The van der Waals surface area contributed by atoms with Gasteiger partial charge in [-0.05, 0) is 67.5 Å². The molecule has 1 heterocycles. The average molecular weight is 453 g/mol. The van der Waals surface area contributed by atoms with E-state index in [1.807, 2.05) is 4.57 Å². The van der Waals surface area contributed by atoms with Crippen LogP contribution >= 0.6 is 0 Å². The highest BCUT2D eigenvalue weighted by molar-refractivity contribution is 6.05. The van der Waals surface area contributed by atoms with Gasteiger partial charge in [-0.2, -0.15) is 0 Å². The van der Waals surface area contributed by atoms with Gasteiger partial charge in [0, 0.05) is 31.9 Å². The lowest BCUT2D eigenvalue weighted by Gasteiger charge is -2.26. The molecule has 33 heavy (non-hydrogen) atoms. The number of aryl methyl sites for hydroxylation is 1. The van der Waals surface area contributed by atoms with Crippen molar-refractivity contribution in [3.05, 3.63) is 57.5 Å². The topological polar surface area (TPSA) is 68.6 Å². The smallest absolute Gasteiger partial charge is 0.308 e. The number of benzene rings is 1. The second-order valence-corrected chi connectivity index (χ2v) is 9.01. The van der Waals surface area contributed by atoms with Crippen molar-refractivity contribution in [2.24, 2.45) is 5.92 Å². The van der Waals surface area contributed by atoms with Gasteiger partial charge in [0.05, 0.1) is 0 Å². The van der Waals surface area contributed by atoms with Gasteiger partial charge in [0.25, 0.3) is 11.5 Å². The monoisotopic (exact) mass is 452 g/mol. The number of amides is 1. The van der Waals surface area contributed by atoms with E-state index >= 15 is 0 Å². The molecular weight excluding hydrogens is 416 g/mol. The van der Waals surface area contributed by atoms with Crippen LogP contribution in [0.3, 0.4) is 0 Å². The molecule has 0 unspecified atom stereocenters. The van der Waals surface area contributed by atoms with E-state index in [1.165, 1.54) is 31.1 Å². The summed E-state index contributed by atoms with van der Waals surface area (Å²) in [4.78, 5) is 39.7. The summed E-state index contributed by atoms with van der Waals surface area (Å²) in [6, 6.07) is 8.51. The molecule has 0 bridgehead atoms. The lowest BCUT2D eigenvalue weighted by atomic mass is 9.89. The van der Waals surface area contributed by atoms with Crippen LogP contribution < -0.4 is 15.2 Å². The van der Waals surface area contributed by atoms with E-state index in [4.69, 9.17) is 4.74 Å². The fourth-order valence-corrected chi connectivity index (χ4v) is 4.77. The molecule has 6 nitrogen and oxygen atoms in total. The predicted octanol–water partition coefficient (Wildman–Crippen LogP) is 5.15. The van der Waals surface area contributed by atoms with Crippen LogP contribution in [0, 0.1) is 5.92 Å². The van der Waals surface area contributed by atoms with Gasteiger partial charge in [0.1, 0.15) is 11.3 Å². The van der Waals surface area contributed by atoms with E-state index in [0.717, 1.165) is 43.4 Å². The Balaban J connectivity index is 1.96. The number of hydrogen-bond acceptors (Lipinski definition) is 4. The second kappa shape index (κ2) is 11.3. The largest absolute Gasteiger partial charge is 0.427 e. The molecule has 0 saturated heterocycles. The number of aromatic nitrogens is 1. The molecule has 1 aromatic carbocycles. The zero-order valence-electron chi connectivity index (χ0n) is 20.4. The normalized spacial score (nSPS) is 14.2. The number of carbonyl (C=O) groups excluding carboxylic acids is 2. The molecule has 1 aliphatic rings. The molecule has 0 aliphatic heterocycles. The first-order valence-electron chi connectivity index (χ1n) is 12.2. The molecule has 1 fully saturated rings. The fourth-order valence-electron chi connectivity index (χ4n) is 4.77. The maximum atomic E-state index is 13.6. The molecule has 2 aromatic rings. The summed E-state index contributed by atoms with van der Waals surface area (Å²) in [5.41, 5.74) is 2.82. The predicted molar refractivity (Wildman–Crippen MR) is 131 cm³/mol. The Labute approximate surface area is 196 Å². The molecule has 6 heteroatoms. The number of hydrogen-bond donors (Lipinski definition) is 0. The van der Waals surface area contributed by atoms with Gasteiger partial charge < -0.3 is 14.2 Å². The highest BCUT2D eigenvalue weighted by Gasteiger charge is 2.24. The number of anilines is 1. The Bertz CT molecular complexity index is 1030. The van der Waals surface area contributed by atoms with Gasteiger partial charge in [0.2, 0.25) is 0 Å². The van der Waals surface area contributed by atoms with Crippen molar-refractivity contribution in [3.8, 4) is 5.75 Å². The molecule has 1 aromatic heterocycles. The highest BCUT2D eigenvalue weighted by atomic mass is 16.5. The molecule has 3 rings (SSSR count). The van der Waals surface area contributed by atoms with Crippen LogP contribution in [0.2, 0.25) is 0 Å². The summed E-state index contributed by atoms with van der Waals surface area (Å²) in [6.07, 6.45) is 8.57. The van der Waals surface area contributed by atoms with E-state index in [2.05, 4.69) is 13.8 Å². The summed E-state index contributed by atoms with van der Waals surface area (Å²) in [6.45, 7) is 6.25. The molecule has 178 valence electrons. The molecule has 1 aliphatic carbocycles. The minimum Gasteiger partial charge on any atom is -0.427 e. The molecule has 0 radical (unpaired) electrons. The SMILES string of the molecule is CCCc1c(CC)cc(C(=O)N(C)c2ccc(OC(C)=O)cc2)c(=O)n1CC1CCCCC1. The maximum absolute atomic E-state index is 13.6. The minimum atomic E-state index is -0.398. The Hall–Kier alpha value is -2.89. The molecular formula is C27H36N2O4. The lowest BCUT2D eigenvalue weighted by Crippen LogP contribution is -2.37. The summed E-state index contributed by atoms with van der Waals surface area (Å²) in [7, 11) is 1.67. The molecule has 1 saturated carbocycles. The third-order valence-corrected chi connectivity index (χ3v) is 6.54. The summed E-state index contributed by atoms with van der Waals surface area (Å²) >= 11 is 0. The first-order valence-corrected chi connectivity index (χ1v) is 12.2. The molecule has 0 atom stereocenters. The number of rotatable bonds is 8. The Morgan fingerprint density at radius 2 is 1.76 bits per heavy atom. The standard InChI is InChI=1S/C27H36N2O4/c1-5-10-25-21(6-2)17-24(27(32)29(25)18-20-11-8-7-9-12-20)26(31)28(4)22-13-15-23(16-14-22)33-19(3)30/h13-17,20H,5-12,18H2,1-4H3. The van der Waals surface area contributed by atoms with Crippen LogP contribution in [0.15, 0.2) is 35.1 Å². The third kappa shape index (κ3) is 5.92. The van der Waals surface area contributed by atoms with Gasteiger partial charge in [-0.3, -0.25) is 14.4 Å². The van der Waals surface area contributed by atoms with Crippen LogP contribution in [-0.2, 0) is 24.2 Å². The molecule has 1 amide bonds. The summed E-state index contributed by atoms with van der Waals surface area (Å²) in [5.74, 6) is 0.188.